The molecule has 60 heavy (non-hydrogen) atoms. The van der Waals surface area contributed by atoms with Gasteiger partial charge in [-0.1, -0.05) is 108 Å². The summed E-state index contributed by atoms with van der Waals surface area (Å²) in [5, 5.41) is 9.00. The summed E-state index contributed by atoms with van der Waals surface area (Å²) in [6.45, 7) is 7.35. The Balaban J connectivity index is 2.06. The minimum atomic E-state index is -5.13. The Kier molecular flexibility index (Phi) is 19.3. The Bertz CT molecular complexity index is 2000. The molecule has 0 unspecified atom stereocenters. The van der Waals surface area contributed by atoms with Gasteiger partial charge in [0.15, 0.2) is 0 Å². The van der Waals surface area contributed by atoms with Gasteiger partial charge < -0.3 is 21.7 Å². The van der Waals surface area contributed by atoms with Gasteiger partial charge in [0.05, 0.1) is 27.3 Å². The molecule has 6 N–H and O–H groups in total. The molecular weight excluding hydrogens is 863 g/mol. The molecule has 1 aliphatic rings. The number of hydrogen-bond acceptors (Lipinski definition) is 12. The quantitative estimate of drug-likeness (QED) is 0.0941. The fraction of sp³-hybridized carbons (Fsp3) is 0.564. The first-order valence-corrected chi connectivity index (χ1v) is 22.3. The van der Waals surface area contributed by atoms with Gasteiger partial charge in [-0.2, -0.15) is 0 Å². The van der Waals surface area contributed by atoms with E-state index in [0.29, 0.717) is 19.3 Å². The number of imide groups is 1. The zero-order valence-corrected chi connectivity index (χ0v) is 37.2. The van der Waals surface area contributed by atoms with E-state index in [1.54, 1.807) is 19.2 Å². The van der Waals surface area contributed by atoms with Crippen molar-refractivity contribution in [1.82, 2.24) is 35.5 Å². The molecule has 21 heteroatoms. The zero-order chi connectivity index (χ0) is 44.9. The normalized spacial score (nSPS) is 15.8. The maximum absolute atomic E-state index is 14.7. The molecule has 0 spiro atoms. The number of amides is 6. The molecule has 330 valence electrons. The first kappa shape index (κ1) is 50.1. The molecule has 1 heterocycles. The van der Waals surface area contributed by atoms with Gasteiger partial charge in [0, 0.05) is 12.4 Å². The molecule has 0 aliphatic heterocycles. The standard InChI is InChI=1S/C39H53Cl3N8O9S/c1-6-22(5)33(49-35(53)28(15-21(3)4)46-36(54)30-19-44-13-14-45-30)37(55)47-29(16-23-11-9-8-10-12-23)39(57)50(20-32(51)48-38(56)34(52)27(43)7-2)60(58,59)31-18-25(41)24(40)17-26(31)42/h13-14,17-19,21-23,27-29,33H,6-12,15-16,20,43H2,1-5H3,(H,46,54)(H,47,55)(H,49,53)(H,48,51,56)/t22-,27-,28-,29-,33-/m0/s1. The highest BCUT2D eigenvalue weighted by molar-refractivity contribution is 7.89. The third-order valence-electron chi connectivity index (χ3n) is 10.2. The number of aromatic nitrogens is 2. The summed E-state index contributed by atoms with van der Waals surface area (Å²) in [4.78, 5) is 102. The number of carbonyl (C=O) groups is 7. The number of carbonyl (C=O) groups excluding carboxylic acids is 7. The van der Waals surface area contributed by atoms with Crippen molar-refractivity contribution < 1.29 is 42.0 Å². The van der Waals surface area contributed by atoms with Crippen LogP contribution < -0.4 is 27.0 Å². The van der Waals surface area contributed by atoms with Gasteiger partial charge in [0.1, 0.15) is 35.3 Å². The lowest BCUT2D eigenvalue weighted by molar-refractivity contribution is -0.142. The number of nitrogens with one attached hydrogen (secondary N) is 4. The molecule has 0 saturated heterocycles. The van der Waals surface area contributed by atoms with Crippen LogP contribution in [0.5, 0.6) is 0 Å². The predicted octanol–water partition coefficient (Wildman–Crippen LogP) is 3.73. The van der Waals surface area contributed by atoms with Crippen molar-refractivity contribution in [3.05, 3.63) is 51.5 Å². The number of sulfonamides is 1. The lowest BCUT2D eigenvalue weighted by Gasteiger charge is -2.33. The molecule has 1 aromatic carbocycles. The minimum absolute atomic E-state index is 0.0322. The van der Waals surface area contributed by atoms with Crippen LogP contribution in [-0.2, 0) is 38.8 Å². The molecule has 17 nitrogen and oxygen atoms in total. The highest BCUT2D eigenvalue weighted by Crippen LogP contribution is 2.34. The Labute approximate surface area is 365 Å². The first-order valence-electron chi connectivity index (χ1n) is 19.7. The topological polar surface area (TPSA) is 257 Å². The van der Waals surface area contributed by atoms with Crippen LogP contribution in [0.25, 0.3) is 0 Å². The van der Waals surface area contributed by atoms with E-state index in [0.717, 1.165) is 31.4 Å². The first-order chi connectivity index (χ1) is 28.2. The smallest absolute Gasteiger partial charge is 0.295 e. The van der Waals surface area contributed by atoms with Gasteiger partial charge in [0.2, 0.25) is 23.5 Å². The average molecular weight is 916 g/mol. The van der Waals surface area contributed by atoms with Crippen LogP contribution in [0.15, 0.2) is 35.6 Å². The number of ketones is 1. The molecule has 1 aliphatic carbocycles. The number of hydrogen-bond donors (Lipinski definition) is 5. The molecule has 1 fully saturated rings. The molecule has 3 rings (SSSR count). The third-order valence-corrected chi connectivity index (χ3v) is 13.1. The van der Waals surface area contributed by atoms with Crippen molar-refractivity contribution in [3.8, 4) is 0 Å². The van der Waals surface area contributed by atoms with Crippen LogP contribution in [0.4, 0.5) is 0 Å². The maximum atomic E-state index is 14.7. The minimum Gasteiger partial charge on any atom is -0.342 e. The summed E-state index contributed by atoms with van der Waals surface area (Å²) in [6.07, 6.45) is 8.32. The molecule has 2 aromatic rings. The van der Waals surface area contributed by atoms with E-state index >= 15 is 0 Å². The van der Waals surface area contributed by atoms with Gasteiger partial charge in [-0.3, -0.25) is 43.9 Å². The lowest BCUT2D eigenvalue weighted by Crippen LogP contribution is -2.60. The van der Waals surface area contributed by atoms with E-state index in [4.69, 9.17) is 40.5 Å². The van der Waals surface area contributed by atoms with Crippen LogP contribution in [0, 0.1) is 17.8 Å². The summed E-state index contributed by atoms with van der Waals surface area (Å²) in [5.74, 6) is -8.23. The average Bonchev–Trinajstić information content (AvgIpc) is 3.21. The zero-order valence-electron chi connectivity index (χ0n) is 34.1. The second kappa shape index (κ2) is 23.1. The summed E-state index contributed by atoms with van der Waals surface area (Å²) < 4.78 is 28.9. The van der Waals surface area contributed by atoms with Crippen LogP contribution in [0.1, 0.15) is 103 Å². The Morgan fingerprint density at radius 1 is 0.850 bits per heavy atom. The van der Waals surface area contributed by atoms with Crippen molar-refractivity contribution >= 4 is 86.1 Å². The highest BCUT2D eigenvalue weighted by Gasteiger charge is 2.41. The molecule has 1 aromatic heterocycles. The molecule has 6 amide bonds. The summed E-state index contributed by atoms with van der Waals surface area (Å²) in [6, 6.07) is -3.36. The molecule has 0 bridgehead atoms. The van der Waals surface area contributed by atoms with E-state index in [-0.39, 0.29) is 51.1 Å². The third kappa shape index (κ3) is 13.9. The van der Waals surface area contributed by atoms with Gasteiger partial charge in [-0.15, -0.1) is 0 Å². The van der Waals surface area contributed by atoms with Crippen LogP contribution in [0.3, 0.4) is 0 Å². The van der Waals surface area contributed by atoms with E-state index in [1.807, 2.05) is 13.8 Å². The molecular formula is C39H53Cl3N8O9S. The second-order valence-corrected chi connectivity index (χ2v) is 18.3. The Morgan fingerprint density at radius 3 is 2.08 bits per heavy atom. The van der Waals surface area contributed by atoms with Gasteiger partial charge in [-0.05, 0) is 49.1 Å². The highest BCUT2D eigenvalue weighted by atomic mass is 35.5. The number of Topliss-reactive ketones (excluding diaryl/α,β-unsaturated/α-hetero) is 1. The fourth-order valence-electron chi connectivity index (χ4n) is 6.53. The number of benzene rings is 1. The fourth-order valence-corrected chi connectivity index (χ4v) is 8.90. The summed E-state index contributed by atoms with van der Waals surface area (Å²) in [7, 11) is -5.13. The second-order valence-electron chi connectivity index (χ2n) is 15.2. The number of nitrogens with zero attached hydrogens (tertiary/aromatic N) is 3. The van der Waals surface area contributed by atoms with Crippen molar-refractivity contribution in [1.29, 1.82) is 0 Å². The van der Waals surface area contributed by atoms with E-state index < -0.39 is 97.8 Å². The van der Waals surface area contributed by atoms with Gasteiger partial charge in [-0.25, -0.2) is 17.7 Å². The van der Waals surface area contributed by atoms with Crippen molar-refractivity contribution in [2.75, 3.05) is 6.54 Å². The largest absolute Gasteiger partial charge is 0.342 e. The number of nitrogens with two attached hydrogens (primary N) is 1. The van der Waals surface area contributed by atoms with Crippen LogP contribution in [-0.4, -0.2) is 94.6 Å². The maximum Gasteiger partial charge on any atom is 0.295 e. The van der Waals surface area contributed by atoms with E-state index in [9.17, 15) is 42.0 Å². The van der Waals surface area contributed by atoms with E-state index in [2.05, 4.69) is 25.9 Å². The number of halogens is 3. The van der Waals surface area contributed by atoms with Crippen LogP contribution >= 0.6 is 34.8 Å². The van der Waals surface area contributed by atoms with Crippen molar-refractivity contribution in [3.63, 3.8) is 0 Å². The lowest BCUT2D eigenvalue weighted by atomic mass is 9.84. The van der Waals surface area contributed by atoms with E-state index in [1.165, 1.54) is 25.5 Å². The molecule has 5 atom stereocenters. The molecule has 1 saturated carbocycles. The monoisotopic (exact) mass is 914 g/mol. The number of rotatable bonds is 20. The summed E-state index contributed by atoms with van der Waals surface area (Å²) in [5.41, 5.74) is 5.63. The Hall–Kier alpha value is -4.23. The van der Waals surface area contributed by atoms with Crippen LogP contribution in [0.2, 0.25) is 15.1 Å². The summed E-state index contributed by atoms with van der Waals surface area (Å²) >= 11 is 18.5. The van der Waals surface area contributed by atoms with Crippen molar-refractivity contribution in [2.24, 2.45) is 23.5 Å². The molecule has 0 radical (unpaired) electrons. The van der Waals surface area contributed by atoms with Crippen molar-refractivity contribution in [2.45, 2.75) is 121 Å². The van der Waals surface area contributed by atoms with Gasteiger partial charge >= 0.3 is 0 Å². The SMILES string of the molecule is CC[C@H](N)C(=O)C(=O)NC(=O)CN(C(=O)[C@H](CC1CCCCC1)NC(=O)[C@@H](NC(=O)[C@H](CC(C)C)NC(=O)c1cnccn1)[C@@H](C)CC)S(=O)(=O)c1cc(Cl)c(Cl)cc1Cl. The Morgan fingerprint density at radius 2 is 1.50 bits per heavy atom. The van der Waals surface area contributed by atoms with Gasteiger partial charge in [0.25, 0.3) is 27.7 Å². The predicted molar refractivity (Wildman–Crippen MR) is 224 cm³/mol.